The van der Waals surface area contributed by atoms with Crippen molar-refractivity contribution in [1.29, 1.82) is 0 Å². The normalized spacial score (nSPS) is 17.0. The van der Waals surface area contributed by atoms with Crippen molar-refractivity contribution in [2.45, 2.75) is 52.5 Å². The Morgan fingerprint density at radius 3 is 2.77 bits per heavy atom. The number of nitrogens with one attached hydrogen (secondary N) is 2. The standard InChI is InChI=1S/C15H22N4O3/c1-4-8(2)17-14(20)13-9(3)12-10(18-19-15(16)21)6-5-7-11(12)22-13/h8H,4-7H2,1-3H3,(H,17,20)(H3,16,19,21)/b18-10+. The van der Waals surface area contributed by atoms with Gasteiger partial charge in [-0.05, 0) is 33.1 Å². The largest absolute Gasteiger partial charge is 0.455 e. The van der Waals surface area contributed by atoms with Gasteiger partial charge in [0.2, 0.25) is 0 Å². The summed E-state index contributed by atoms with van der Waals surface area (Å²) in [6.45, 7) is 5.78. The van der Waals surface area contributed by atoms with Crippen molar-refractivity contribution < 1.29 is 14.0 Å². The maximum atomic E-state index is 12.3. The number of urea groups is 1. The van der Waals surface area contributed by atoms with Gasteiger partial charge in [0.25, 0.3) is 5.91 Å². The van der Waals surface area contributed by atoms with Crippen molar-refractivity contribution in [2.75, 3.05) is 0 Å². The van der Waals surface area contributed by atoms with Crippen LogP contribution in [0.1, 0.15) is 60.6 Å². The van der Waals surface area contributed by atoms with Crippen molar-refractivity contribution in [3.63, 3.8) is 0 Å². The zero-order valence-corrected chi connectivity index (χ0v) is 13.2. The van der Waals surface area contributed by atoms with Crippen LogP contribution < -0.4 is 16.5 Å². The van der Waals surface area contributed by atoms with Crippen LogP contribution in [0.15, 0.2) is 9.52 Å². The highest BCUT2D eigenvalue weighted by atomic mass is 16.4. The molecule has 2 rings (SSSR count). The fraction of sp³-hybridized carbons (Fsp3) is 0.533. The van der Waals surface area contributed by atoms with Gasteiger partial charge in [0.05, 0.1) is 5.71 Å². The Kier molecular flexibility index (Phi) is 4.85. The van der Waals surface area contributed by atoms with E-state index in [1.165, 1.54) is 0 Å². The molecule has 120 valence electrons. The first-order valence-corrected chi connectivity index (χ1v) is 7.49. The van der Waals surface area contributed by atoms with Gasteiger partial charge in [-0.2, -0.15) is 5.10 Å². The van der Waals surface area contributed by atoms with E-state index in [1.54, 1.807) is 0 Å². The number of hydrogen-bond donors (Lipinski definition) is 3. The number of amides is 3. The number of hydrogen-bond acceptors (Lipinski definition) is 4. The lowest BCUT2D eigenvalue weighted by Gasteiger charge is -2.13. The summed E-state index contributed by atoms with van der Waals surface area (Å²) in [7, 11) is 0. The number of carbonyl (C=O) groups is 2. The van der Waals surface area contributed by atoms with Crippen molar-refractivity contribution in [1.82, 2.24) is 10.7 Å². The summed E-state index contributed by atoms with van der Waals surface area (Å²) in [6.07, 6.45) is 3.16. The molecule has 0 spiro atoms. The van der Waals surface area contributed by atoms with E-state index in [0.717, 1.165) is 36.1 Å². The first kappa shape index (κ1) is 16.1. The predicted molar refractivity (Wildman–Crippen MR) is 82.9 cm³/mol. The summed E-state index contributed by atoms with van der Waals surface area (Å²) in [5.41, 5.74) is 9.56. The number of nitrogens with two attached hydrogens (primary N) is 1. The van der Waals surface area contributed by atoms with Crippen LogP contribution in [-0.2, 0) is 6.42 Å². The van der Waals surface area contributed by atoms with Crippen LogP contribution >= 0.6 is 0 Å². The lowest BCUT2D eigenvalue weighted by molar-refractivity contribution is 0.0908. The molecule has 3 amide bonds. The Morgan fingerprint density at radius 1 is 1.41 bits per heavy atom. The molecule has 0 aliphatic heterocycles. The van der Waals surface area contributed by atoms with E-state index in [-0.39, 0.29) is 11.9 Å². The highest BCUT2D eigenvalue weighted by Crippen LogP contribution is 2.29. The molecular weight excluding hydrogens is 284 g/mol. The van der Waals surface area contributed by atoms with Crippen LogP contribution in [0.4, 0.5) is 4.79 Å². The van der Waals surface area contributed by atoms with Crippen molar-refractivity contribution in [2.24, 2.45) is 10.8 Å². The molecule has 1 unspecified atom stereocenters. The van der Waals surface area contributed by atoms with E-state index >= 15 is 0 Å². The predicted octanol–water partition coefficient (Wildman–Crippen LogP) is 1.83. The molecule has 1 aliphatic rings. The molecule has 0 aromatic carbocycles. The molecule has 0 bridgehead atoms. The van der Waals surface area contributed by atoms with Gasteiger partial charge in [-0.3, -0.25) is 4.79 Å². The average molecular weight is 306 g/mol. The van der Waals surface area contributed by atoms with Gasteiger partial charge in [-0.1, -0.05) is 6.92 Å². The van der Waals surface area contributed by atoms with Gasteiger partial charge in [0.15, 0.2) is 5.76 Å². The second-order valence-electron chi connectivity index (χ2n) is 5.53. The van der Waals surface area contributed by atoms with Gasteiger partial charge in [0, 0.05) is 23.6 Å². The minimum atomic E-state index is -0.712. The Hall–Kier alpha value is -2.31. The molecule has 1 heterocycles. The van der Waals surface area contributed by atoms with E-state index in [1.807, 2.05) is 20.8 Å². The Labute approximate surface area is 129 Å². The average Bonchev–Trinajstić information content (AvgIpc) is 2.82. The lowest BCUT2D eigenvalue weighted by Crippen LogP contribution is -2.32. The number of furan rings is 1. The maximum Gasteiger partial charge on any atom is 0.332 e. The molecule has 1 atom stereocenters. The van der Waals surface area contributed by atoms with E-state index in [2.05, 4.69) is 15.8 Å². The van der Waals surface area contributed by atoms with E-state index in [0.29, 0.717) is 17.9 Å². The monoisotopic (exact) mass is 306 g/mol. The molecule has 0 fully saturated rings. The SMILES string of the molecule is CCC(C)NC(=O)c1oc2c(c1C)/C(=N/NC(N)=O)CCC2. The fourth-order valence-corrected chi connectivity index (χ4v) is 2.51. The van der Waals surface area contributed by atoms with Crippen LogP contribution in [-0.4, -0.2) is 23.7 Å². The van der Waals surface area contributed by atoms with Crippen molar-refractivity contribution >= 4 is 17.6 Å². The Bertz CT molecular complexity index is 619. The molecule has 1 aromatic heterocycles. The topological polar surface area (TPSA) is 110 Å². The summed E-state index contributed by atoms with van der Waals surface area (Å²) >= 11 is 0. The second-order valence-corrected chi connectivity index (χ2v) is 5.53. The quantitative estimate of drug-likeness (QED) is 0.738. The summed E-state index contributed by atoms with van der Waals surface area (Å²) < 4.78 is 5.74. The van der Waals surface area contributed by atoms with Crippen molar-refractivity contribution in [3.05, 3.63) is 22.6 Å². The number of carbonyl (C=O) groups excluding carboxylic acids is 2. The number of primary amides is 1. The molecule has 22 heavy (non-hydrogen) atoms. The molecule has 7 heteroatoms. The number of nitrogens with zero attached hydrogens (tertiary/aromatic N) is 1. The third-order valence-corrected chi connectivity index (χ3v) is 3.82. The van der Waals surface area contributed by atoms with Gasteiger partial charge in [0.1, 0.15) is 5.76 Å². The molecular formula is C15H22N4O3. The Morgan fingerprint density at radius 2 is 2.14 bits per heavy atom. The zero-order valence-electron chi connectivity index (χ0n) is 13.2. The maximum absolute atomic E-state index is 12.3. The fourth-order valence-electron chi connectivity index (χ4n) is 2.51. The molecule has 0 saturated carbocycles. The highest BCUT2D eigenvalue weighted by molar-refractivity contribution is 6.06. The van der Waals surface area contributed by atoms with Crippen LogP contribution in [0.25, 0.3) is 0 Å². The molecule has 1 aliphatic carbocycles. The van der Waals surface area contributed by atoms with Crippen molar-refractivity contribution in [3.8, 4) is 0 Å². The van der Waals surface area contributed by atoms with Gasteiger partial charge in [-0.15, -0.1) is 0 Å². The second kappa shape index (κ2) is 6.64. The van der Waals surface area contributed by atoms with E-state index < -0.39 is 6.03 Å². The van der Waals surface area contributed by atoms with E-state index in [4.69, 9.17) is 10.2 Å². The van der Waals surface area contributed by atoms with Gasteiger partial charge < -0.3 is 15.5 Å². The summed E-state index contributed by atoms with van der Waals surface area (Å²) in [4.78, 5) is 23.1. The minimum absolute atomic E-state index is 0.0821. The number of rotatable bonds is 4. The van der Waals surface area contributed by atoms with E-state index in [9.17, 15) is 9.59 Å². The van der Waals surface area contributed by atoms with Crippen LogP contribution in [0, 0.1) is 6.92 Å². The van der Waals surface area contributed by atoms with Crippen LogP contribution in [0.5, 0.6) is 0 Å². The first-order chi connectivity index (χ1) is 10.4. The minimum Gasteiger partial charge on any atom is -0.455 e. The number of fused-ring (bicyclic) bond motifs is 1. The third kappa shape index (κ3) is 3.29. The smallest absolute Gasteiger partial charge is 0.332 e. The zero-order chi connectivity index (χ0) is 16.3. The van der Waals surface area contributed by atoms with Gasteiger partial charge >= 0.3 is 6.03 Å². The summed E-state index contributed by atoms with van der Waals surface area (Å²) in [6, 6.07) is -0.630. The van der Waals surface area contributed by atoms with Crippen LogP contribution in [0.2, 0.25) is 0 Å². The summed E-state index contributed by atoms with van der Waals surface area (Å²) in [5.74, 6) is 0.838. The van der Waals surface area contributed by atoms with Crippen LogP contribution in [0.3, 0.4) is 0 Å². The molecule has 7 nitrogen and oxygen atoms in total. The number of aryl methyl sites for hydroxylation is 1. The molecule has 0 radical (unpaired) electrons. The number of hydrazone groups is 1. The van der Waals surface area contributed by atoms with Gasteiger partial charge in [-0.25, -0.2) is 10.2 Å². The third-order valence-electron chi connectivity index (χ3n) is 3.82. The molecule has 4 N–H and O–H groups in total. The highest BCUT2D eigenvalue weighted by Gasteiger charge is 2.28. The Balaban J connectivity index is 2.32. The summed E-state index contributed by atoms with van der Waals surface area (Å²) in [5, 5.41) is 6.93. The first-order valence-electron chi connectivity index (χ1n) is 7.49. The molecule has 1 aromatic rings. The molecule has 0 saturated heterocycles. The lowest BCUT2D eigenvalue weighted by atomic mass is 9.93.